The third kappa shape index (κ3) is 2.76. The maximum absolute atomic E-state index is 11.0. The van der Waals surface area contributed by atoms with Gasteiger partial charge in [0.05, 0.1) is 17.6 Å². The molecular formula is C14H18N2O3. The van der Waals surface area contributed by atoms with Gasteiger partial charge in [-0.1, -0.05) is 0 Å². The fraction of sp³-hybridized carbons (Fsp3) is 0.429. The predicted molar refractivity (Wildman–Crippen MR) is 72.4 cm³/mol. The minimum atomic E-state index is -0.865. The van der Waals surface area contributed by atoms with E-state index in [1.54, 1.807) is 11.7 Å². The first kappa shape index (κ1) is 13.5. The quantitative estimate of drug-likeness (QED) is 0.894. The second-order valence-electron chi connectivity index (χ2n) is 4.68. The normalized spacial score (nSPS) is 11.1. The summed E-state index contributed by atoms with van der Waals surface area (Å²) in [6.45, 7) is 4.50. The molecular weight excluding hydrogens is 244 g/mol. The highest BCUT2D eigenvalue weighted by Gasteiger charge is 2.14. The number of carboxylic acids is 1. The number of aliphatic carboxylic acids is 1. The average Bonchev–Trinajstić information content (AvgIpc) is 2.65. The van der Waals surface area contributed by atoms with E-state index < -0.39 is 5.97 Å². The Morgan fingerprint density at radius 3 is 2.68 bits per heavy atom. The van der Waals surface area contributed by atoms with Gasteiger partial charge in [0.1, 0.15) is 12.4 Å². The fourth-order valence-electron chi connectivity index (χ4n) is 2.13. The lowest BCUT2D eigenvalue weighted by atomic mass is 10.1. The summed E-state index contributed by atoms with van der Waals surface area (Å²) in [5.74, 6) is -0.111. The molecule has 1 heterocycles. The number of carbonyl (C=O) groups is 1. The summed E-state index contributed by atoms with van der Waals surface area (Å²) >= 11 is 0. The van der Waals surface area contributed by atoms with Gasteiger partial charge in [-0.3, -0.25) is 4.79 Å². The van der Waals surface area contributed by atoms with Crippen molar-refractivity contribution >= 4 is 17.0 Å². The molecule has 19 heavy (non-hydrogen) atoms. The number of aryl methyl sites for hydroxylation is 2. The molecule has 0 radical (unpaired) electrons. The molecule has 2 rings (SSSR count). The first-order valence-corrected chi connectivity index (χ1v) is 6.20. The van der Waals surface area contributed by atoms with Crippen molar-refractivity contribution in [3.05, 3.63) is 29.1 Å². The first-order chi connectivity index (χ1) is 9.02. The largest absolute Gasteiger partial charge is 0.480 e. The Hall–Kier alpha value is -1.88. The van der Waals surface area contributed by atoms with Gasteiger partial charge in [-0.05, 0) is 37.1 Å². The number of methoxy groups -OCH3 is 1. The third-order valence-electron chi connectivity index (χ3n) is 3.27. The minimum Gasteiger partial charge on any atom is -0.480 e. The molecule has 0 aliphatic rings. The Balaban J connectivity index is 2.55. The second-order valence-corrected chi connectivity index (χ2v) is 4.68. The molecule has 0 saturated heterocycles. The van der Waals surface area contributed by atoms with Crippen LogP contribution in [0.2, 0.25) is 0 Å². The van der Waals surface area contributed by atoms with Gasteiger partial charge in [-0.15, -0.1) is 0 Å². The number of ether oxygens (including phenoxy) is 1. The first-order valence-electron chi connectivity index (χ1n) is 6.20. The van der Waals surface area contributed by atoms with E-state index in [9.17, 15) is 4.79 Å². The molecule has 1 aromatic carbocycles. The van der Waals surface area contributed by atoms with E-state index in [4.69, 9.17) is 9.84 Å². The number of imidazole rings is 1. The smallest absolute Gasteiger partial charge is 0.323 e. The molecule has 1 N–H and O–H groups in total. The predicted octanol–water partition coefficient (Wildman–Crippen LogP) is 1.93. The molecule has 1 aromatic heterocycles. The van der Waals surface area contributed by atoms with Gasteiger partial charge in [0.15, 0.2) is 0 Å². The molecule has 0 atom stereocenters. The van der Waals surface area contributed by atoms with Crippen LogP contribution in [-0.2, 0) is 22.5 Å². The Labute approximate surface area is 111 Å². The zero-order valence-corrected chi connectivity index (χ0v) is 11.4. The fourth-order valence-corrected chi connectivity index (χ4v) is 2.13. The van der Waals surface area contributed by atoms with Crippen molar-refractivity contribution in [3.8, 4) is 0 Å². The molecule has 0 fully saturated rings. The van der Waals surface area contributed by atoms with E-state index in [2.05, 4.69) is 4.98 Å². The highest BCUT2D eigenvalue weighted by molar-refractivity contribution is 5.80. The minimum absolute atomic E-state index is 0.0714. The molecule has 0 unspecified atom stereocenters. The van der Waals surface area contributed by atoms with Crippen LogP contribution in [0.5, 0.6) is 0 Å². The number of hydrogen-bond donors (Lipinski definition) is 1. The van der Waals surface area contributed by atoms with Crippen LogP contribution in [-0.4, -0.2) is 34.3 Å². The summed E-state index contributed by atoms with van der Waals surface area (Å²) in [4.78, 5) is 15.5. The van der Waals surface area contributed by atoms with Crippen LogP contribution in [0.3, 0.4) is 0 Å². The van der Waals surface area contributed by atoms with Crippen LogP contribution >= 0.6 is 0 Å². The maximum Gasteiger partial charge on any atom is 0.323 e. The van der Waals surface area contributed by atoms with Crippen molar-refractivity contribution in [2.75, 3.05) is 13.7 Å². The Bertz CT molecular complexity index is 617. The van der Waals surface area contributed by atoms with Crippen molar-refractivity contribution in [2.45, 2.75) is 26.8 Å². The lowest BCUT2D eigenvalue weighted by Gasteiger charge is -2.06. The number of rotatable bonds is 5. The van der Waals surface area contributed by atoms with Crippen LogP contribution in [0.15, 0.2) is 12.1 Å². The molecule has 0 bridgehead atoms. The van der Waals surface area contributed by atoms with Crippen LogP contribution in [0.1, 0.15) is 17.0 Å². The molecule has 0 aliphatic carbocycles. The average molecular weight is 262 g/mol. The lowest BCUT2D eigenvalue weighted by Crippen LogP contribution is -2.13. The van der Waals surface area contributed by atoms with E-state index >= 15 is 0 Å². The van der Waals surface area contributed by atoms with Crippen molar-refractivity contribution < 1.29 is 14.6 Å². The molecule has 5 heteroatoms. The maximum atomic E-state index is 11.0. The Morgan fingerprint density at radius 2 is 2.05 bits per heavy atom. The van der Waals surface area contributed by atoms with Crippen molar-refractivity contribution in [1.82, 2.24) is 9.55 Å². The number of fused-ring (bicyclic) bond motifs is 1. The van der Waals surface area contributed by atoms with E-state index in [1.807, 2.05) is 26.0 Å². The Morgan fingerprint density at radius 1 is 1.37 bits per heavy atom. The molecule has 102 valence electrons. The SMILES string of the molecule is COCCc1nc2cc(C)c(C)cc2n1CC(=O)O. The summed E-state index contributed by atoms with van der Waals surface area (Å²) < 4.78 is 6.80. The van der Waals surface area contributed by atoms with Gasteiger partial charge in [-0.25, -0.2) is 4.98 Å². The van der Waals surface area contributed by atoms with Gasteiger partial charge in [0.2, 0.25) is 0 Å². The van der Waals surface area contributed by atoms with E-state index in [1.165, 1.54) is 0 Å². The van der Waals surface area contributed by atoms with Crippen LogP contribution < -0.4 is 0 Å². The van der Waals surface area contributed by atoms with Crippen molar-refractivity contribution in [2.24, 2.45) is 0 Å². The zero-order valence-electron chi connectivity index (χ0n) is 11.4. The Kier molecular flexibility index (Phi) is 3.85. The highest BCUT2D eigenvalue weighted by Crippen LogP contribution is 2.21. The summed E-state index contributed by atoms with van der Waals surface area (Å²) in [6, 6.07) is 4.00. The highest BCUT2D eigenvalue weighted by atomic mass is 16.5. The summed E-state index contributed by atoms with van der Waals surface area (Å²) in [6.07, 6.45) is 0.608. The molecule has 0 spiro atoms. The topological polar surface area (TPSA) is 64.4 Å². The van der Waals surface area contributed by atoms with Gasteiger partial charge in [-0.2, -0.15) is 0 Å². The van der Waals surface area contributed by atoms with Crippen LogP contribution in [0, 0.1) is 13.8 Å². The summed E-state index contributed by atoms with van der Waals surface area (Å²) in [7, 11) is 1.62. The standard InChI is InChI=1S/C14H18N2O3/c1-9-6-11-12(7-10(9)2)16(8-14(17)18)13(15-11)4-5-19-3/h6-7H,4-5,8H2,1-3H3,(H,17,18). The molecule has 0 aliphatic heterocycles. The van der Waals surface area contributed by atoms with E-state index in [-0.39, 0.29) is 6.54 Å². The molecule has 0 saturated carbocycles. The van der Waals surface area contributed by atoms with E-state index in [0.717, 1.165) is 28.0 Å². The molecule has 2 aromatic rings. The van der Waals surface area contributed by atoms with E-state index in [0.29, 0.717) is 13.0 Å². The summed E-state index contributed by atoms with van der Waals surface area (Å²) in [5, 5.41) is 9.04. The monoisotopic (exact) mass is 262 g/mol. The summed E-state index contributed by atoms with van der Waals surface area (Å²) in [5.41, 5.74) is 4.01. The van der Waals surface area contributed by atoms with Crippen LogP contribution in [0.4, 0.5) is 0 Å². The van der Waals surface area contributed by atoms with Crippen LogP contribution in [0.25, 0.3) is 11.0 Å². The van der Waals surface area contributed by atoms with Gasteiger partial charge < -0.3 is 14.4 Å². The number of hydrogen-bond acceptors (Lipinski definition) is 3. The zero-order chi connectivity index (χ0) is 14.0. The number of benzene rings is 1. The molecule has 0 amide bonds. The third-order valence-corrected chi connectivity index (χ3v) is 3.27. The van der Waals surface area contributed by atoms with Crippen molar-refractivity contribution in [1.29, 1.82) is 0 Å². The van der Waals surface area contributed by atoms with Gasteiger partial charge in [0, 0.05) is 13.5 Å². The number of aromatic nitrogens is 2. The number of nitrogens with zero attached hydrogens (tertiary/aromatic N) is 2. The second kappa shape index (κ2) is 5.40. The number of carboxylic acid groups (broad SMARTS) is 1. The van der Waals surface area contributed by atoms with Crippen molar-refractivity contribution in [3.63, 3.8) is 0 Å². The molecule has 5 nitrogen and oxygen atoms in total. The lowest BCUT2D eigenvalue weighted by molar-refractivity contribution is -0.137. The van der Waals surface area contributed by atoms with Gasteiger partial charge in [0.25, 0.3) is 0 Å². The van der Waals surface area contributed by atoms with Gasteiger partial charge >= 0.3 is 5.97 Å².